The maximum Gasteiger partial charge on any atom is 0.433 e. The van der Waals surface area contributed by atoms with Crippen LogP contribution in [0.4, 0.5) is 19.1 Å². The van der Waals surface area contributed by atoms with E-state index in [9.17, 15) is 13.2 Å². The Morgan fingerprint density at radius 3 is 2.41 bits per heavy atom. The number of benzene rings is 1. The first-order chi connectivity index (χ1) is 18.8. The summed E-state index contributed by atoms with van der Waals surface area (Å²) in [7, 11) is 0. The van der Waals surface area contributed by atoms with Crippen LogP contribution in [-0.2, 0) is 28.9 Å². The molecule has 0 saturated carbocycles. The normalized spacial score (nSPS) is 15.4. The van der Waals surface area contributed by atoms with Gasteiger partial charge in [-0.3, -0.25) is 4.98 Å². The lowest BCUT2D eigenvalue weighted by molar-refractivity contribution is -0.141. The van der Waals surface area contributed by atoms with E-state index in [0.717, 1.165) is 18.2 Å². The molecule has 202 valence electrons. The van der Waals surface area contributed by atoms with E-state index in [1.54, 1.807) is 30.3 Å². The lowest BCUT2D eigenvalue weighted by Crippen LogP contribution is -2.13. The molecular weight excluding hydrogens is 511 g/mol. The number of nitrogens with zero attached hydrogens (tertiary/aromatic N) is 4. The standard InChI is InChI=1S/C28H26F3N5O3/c1-17-12-19(13-23(33-17)28(29,30)31)24-25(18-6-3-2-4-7-18)35-27(32)36-26(24)39-15-21-9-5-8-20(34-21)14-38-22-10-11-37-16-22/h2-9,12-13,22H,10-11,14-16H2,1H3,(H2,32,35,36). The zero-order chi connectivity index (χ0) is 27.4. The van der Waals surface area contributed by atoms with Crippen LogP contribution < -0.4 is 10.5 Å². The summed E-state index contributed by atoms with van der Waals surface area (Å²) in [4.78, 5) is 16.9. The first-order valence-corrected chi connectivity index (χ1v) is 12.3. The van der Waals surface area contributed by atoms with Gasteiger partial charge in [0, 0.05) is 17.9 Å². The highest BCUT2D eigenvalue weighted by atomic mass is 19.4. The van der Waals surface area contributed by atoms with E-state index in [1.165, 1.54) is 13.0 Å². The van der Waals surface area contributed by atoms with Gasteiger partial charge in [0.2, 0.25) is 11.8 Å². The van der Waals surface area contributed by atoms with Crippen molar-refractivity contribution in [3.8, 4) is 28.3 Å². The van der Waals surface area contributed by atoms with Crippen LogP contribution >= 0.6 is 0 Å². The second-order valence-corrected chi connectivity index (χ2v) is 9.06. The molecule has 1 atom stereocenters. The monoisotopic (exact) mass is 537 g/mol. The van der Waals surface area contributed by atoms with Crippen molar-refractivity contribution in [1.82, 2.24) is 19.9 Å². The number of rotatable bonds is 8. The summed E-state index contributed by atoms with van der Waals surface area (Å²) in [6, 6.07) is 17.0. The molecule has 5 rings (SSSR count). The molecule has 1 aliphatic heterocycles. The van der Waals surface area contributed by atoms with Crippen molar-refractivity contribution >= 4 is 5.95 Å². The van der Waals surface area contributed by atoms with Gasteiger partial charge >= 0.3 is 6.18 Å². The van der Waals surface area contributed by atoms with Crippen molar-refractivity contribution in [3.05, 3.63) is 83.4 Å². The molecular formula is C28H26F3N5O3. The smallest absolute Gasteiger partial charge is 0.433 e. The Labute approximate surface area is 223 Å². The maximum atomic E-state index is 13.7. The first-order valence-electron chi connectivity index (χ1n) is 12.3. The molecule has 0 spiro atoms. The predicted molar refractivity (Wildman–Crippen MR) is 137 cm³/mol. The molecule has 0 amide bonds. The van der Waals surface area contributed by atoms with Gasteiger partial charge in [-0.1, -0.05) is 36.4 Å². The summed E-state index contributed by atoms with van der Waals surface area (Å²) in [5, 5.41) is 0. The Balaban J connectivity index is 1.50. The van der Waals surface area contributed by atoms with Crippen molar-refractivity contribution in [3.63, 3.8) is 0 Å². The van der Waals surface area contributed by atoms with Gasteiger partial charge in [0.15, 0.2) is 0 Å². The van der Waals surface area contributed by atoms with Crippen LogP contribution in [0.2, 0.25) is 0 Å². The van der Waals surface area contributed by atoms with Crippen molar-refractivity contribution in [2.75, 3.05) is 18.9 Å². The largest absolute Gasteiger partial charge is 0.471 e. The SMILES string of the molecule is Cc1cc(-c2c(OCc3cccc(COC4CCOC4)n3)nc(N)nc2-c2ccccc2)cc(C(F)(F)F)n1. The summed E-state index contributed by atoms with van der Waals surface area (Å²) in [5.74, 6) is -0.0463. The summed E-state index contributed by atoms with van der Waals surface area (Å²) in [6.07, 6.45) is -3.75. The third-order valence-corrected chi connectivity index (χ3v) is 6.05. The van der Waals surface area contributed by atoms with Crippen LogP contribution in [0.25, 0.3) is 22.4 Å². The van der Waals surface area contributed by atoms with E-state index < -0.39 is 11.9 Å². The molecule has 11 heteroatoms. The van der Waals surface area contributed by atoms with Gasteiger partial charge in [0.1, 0.15) is 12.3 Å². The van der Waals surface area contributed by atoms with Gasteiger partial charge < -0.3 is 19.9 Å². The van der Waals surface area contributed by atoms with E-state index in [-0.39, 0.29) is 41.4 Å². The molecule has 8 nitrogen and oxygen atoms in total. The summed E-state index contributed by atoms with van der Waals surface area (Å²) >= 11 is 0. The van der Waals surface area contributed by atoms with E-state index >= 15 is 0 Å². The van der Waals surface area contributed by atoms with E-state index in [2.05, 4.69) is 19.9 Å². The van der Waals surface area contributed by atoms with Crippen molar-refractivity contribution < 1.29 is 27.4 Å². The fraction of sp³-hybridized carbons (Fsp3) is 0.286. The molecule has 1 aromatic carbocycles. The van der Waals surface area contributed by atoms with Crippen LogP contribution in [0.15, 0.2) is 60.7 Å². The lowest BCUT2D eigenvalue weighted by atomic mass is 9.99. The number of halogens is 3. The van der Waals surface area contributed by atoms with Crippen molar-refractivity contribution in [1.29, 1.82) is 0 Å². The van der Waals surface area contributed by atoms with Crippen LogP contribution in [0.5, 0.6) is 5.88 Å². The van der Waals surface area contributed by atoms with Crippen LogP contribution in [0, 0.1) is 6.92 Å². The number of anilines is 1. The third-order valence-electron chi connectivity index (χ3n) is 6.05. The second-order valence-electron chi connectivity index (χ2n) is 9.06. The molecule has 4 heterocycles. The number of aromatic nitrogens is 4. The van der Waals surface area contributed by atoms with Crippen molar-refractivity contribution in [2.45, 2.75) is 38.8 Å². The zero-order valence-corrected chi connectivity index (χ0v) is 21.1. The van der Waals surface area contributed by atoms with Crippen LogP contribution in [0.1, 0.15) is 29.2 Å². The molecule has 0 bridgehead atoms. The molecule has 39 heavy (non-hydrogen) atoms. The predicted octanol–water partition coefficient (Wildman–Crippen LogP) is 5.39. The molecule has 1 fully saturated rings. The minimum Gasteiger partial charge on any atom is -0.471 e. The maximum absolute atomic E-state index is 13.7. The number of nitrogens with two attached hydrogens (primary N) is 1. The molecule has 0 radical (unpaired) electrons. The Hall–Kier alpha value is -4.09. The minimum absolute atomic E-state index is 0.00570. The molecule has 0 aliphatic carbocycles. The highest BCUT2D eigenvalue weighted by Gasteiger charge is 2.34. The summed E-state index contributed by atoms with van der Waals surface area (Å²) < 4.78 is 58.2. The number of ether oxygens (including phenoxy) is 3. The Morgan fingerprint density at radius 1 is 0.923 bits per heavy atom. The number of hydrogen-bond acceptors (Lipinski definition) is 8. The van der Waals surface area contributed by atoms with E-state index in [0.29, 0.717) is 36.8 Å². The average Bonchev–Trinajstić information content (AvgIpc) is 3.44. The summed E-state index contributed by atoms with van der Waals surface area (Å²) in [5.41, 5.74) is 7.95. The van der Waals surface area contributed by atoms with Gasteiger partial charge in [-0.05, 0) is 43.2 Å². The highest BCUT2D eigenvalue weighted by Crippen LogP contribution is 2.40. The second kappa shape index (κ2) is 11.3. The lowest BCUT2D eigenvalue weighted by Gasteiger charge is -2.17. The quantitative estimate of drug-likeness (QED) is 0.319. The molecule has 1 saturated heterocycles. The topological polar surface area (TPSA) is 105 Å². The summed E-state index contributed by atoms with van der Waals surface area (Å²) in [6.45, 7) is 3.06. The molecule has 2 N–H and O–H groups in total. The number of hydrogen-bond donors (Lipinski definition) is 1. The van der Waals surface area contributed by atoms with Gasteiger partial charge in [-0.2, -0.15) is 18.2 Å². The van der Waals surface area contributed by atoms with Crippen LogP contribution in [0.3, 0.4) is 0 Å². The number of nitrogen functional groups attached to an aromatic ring is 1. The molecule has 3 aromatic heterocycles. The molecule has 1 unspecified atom stereocenters. The third kappa shape index (κ3) is 6.50. The zero-order valence-electron chi connectivity index (χ0n) is 21.1. The average molecular weight is 538 g/mol. The Morgan fingerprint density at radius 2 is 1.69 bits per heavy atom. The Bertz CT molecular complexity index is 1440. The highest BCUT2D eigenvalue weighted by molar-refractivity contribution is 5.85. The molecule has 4 aromatic rings. The van der Waals surface area contributed by atoms with Crippen LogP contribution in [-0.4, -0.2) is 39.3 Å². The van der Waals surface area contributed by atoms with Gasteiger partial charge in [0.05, 0.1) is 42.0 Å². The van der Waals surface area contributed by atoms with Gasteiger partial charge in [-0.25, -0.2) is 9.97 Å². The van der Waals surface area contributed by atoms with Gasteiger partial charge in [-0.15, -0.1) is 0 Å². The van der Waals surface area contributed by atoms with Gasteiger partial charge in [0.25, 0.3) is 0 Å². The van der Waals surface area contributed by atoms with Crippen molar-refractivity contribution in [2.24, 2.45) is 0 Å². The van der Waals surface area contributed by atoms with E-state index in [1.807, 2.05) is 18.2 Å². The number of alkyl halides is 3. The molecule has 1 aliphatic rings. The number of aryl methyl sites for hydroxylation is 1. The fourth-order valence-electron chi connectivity index (χ4n) is 4.26. The number of pyridine rings is 2. The minimum atomic E-state index is -4.64. The van der Waals surface area contributed by atoms with E-state index in [4.69, 9.17) is 19.9 Å². The first kappa shape index (κ1) is 26.5. The Kier molecular flexibility index (Phi) is 7.71. The fourth-order valence-corrected chi connectivity index (χ4v) is 4.26.